The molecule has 1 aromatic rings. The van der Waals surface area contributed by atoms with Gasteiger partial charge in [-0.05, 0) is 43.5 Å². The summed E-state index contributed by atoms with van der Waals surface area (Å²) in [5.74, 6) is -2.08. The molecule has 1 atom stereocenters. The summed E-state index contributed by atoms with van der Waals surface area (Å²) in [7, 11) is -3.19. The third kappa shape index (κ3) is 5.30. The van der Waals surface area contributed by atoms with E-state index in [0.717, 1.165) is 11.1 Å². The van der Waals surface area contributed by atoms with E-state index in [2.05, 4.69) is 0 Å². The highest BCUT2D eigenvalue weighted by Crippen LogP contribution is 2.21. The van der Waals surface area contributed by atoms with Crippen LogP contribution >= 0.6 is 0 Å². The highest BCUT2D eigenvalue weighted by molar-refractivity contribution is 7.91. The van der Waals surface area contributed by atoms with Crippen molar-refractivity contribution in [1.82, 2.24) is 0 Å². The maximum Gasteiger partial charge on any atom is 0.310 e. The Morgan fingerprint density at radius 2 is 1.92 bits per heavy atom. The lowest BCUT2D eigenvalue weighted by atomic mass is 10.1. The van der Waals surface area contributed by atoms with Crippen LogP contribution in [0.2, 0.25) is 0 Å². The van der Waals surface area contributed by atoms with Crippen molar-refractivity contribution < 1.29 is 22.7 Å². The minimum Gasteiger partial charge on any atom is -0.455 e. The predicted molar refractivity (Wildman–Crippen MR) is 96.2 cm³/mol. The summed E-state index contributed by atoms with van der Waals surface area (Å²) in [5.41, 5.74) is 2.59. The van der Waals surface area contributed by atoms with Crippen molar-refractivity contribution in [1.29, 1.82) is 5.26 Å². The van der Waals surface area contributed by atoms with Gasteiger partial charge in [0.2, 0.25) is 0 Å². The number of aryl methyl sites for hydroxylation is 2. The van der Waals surface area contributed by atoms with E-state index in [9.17, 15) is 18.0 Å². The third-order valence-corrected chi connectivity index (χ3v) is 5.94. The monoisotopic (exact) mass is 378 g/mol. The summed E-state index contributed by atoms with van der Waals surface area (Å²) in [6.07, 6.45) is 0.373. The van der Waals surface area contributed by atoms with Crippen LogP contribution in [-0.2, 0) is 24.2 Å². The van der Waals surface area contributed by atoms with Crippen LogP contribution in [0.5, 0.6) is 0 Å². The van der Waals surface area contributed by atoms with Crippen LogP contribution in [0.3, 0.4) is 0 Å². The average molecular weight is 378 g/mol. The van der Waals surface area contributed by atoms with E-state index in [-0.39, 0.29) is 30.9 Å². The van der Waals surface area contributed by atoms with Crippen LogP contribution in [0.15, 0.2) is 18.2 Å². The molecule has 0 bridgehead atoms. The van der Waals surface area contributed by atoms with Gasteiger partial charge < -0.3 is 9.64 Å². The standard InChI is InChI=1S/C18H22N2O5S/c1-13-8-14(2)10-16(9-13)20(6-3-5-19)17(21)11-25-18(22)15-4-7-26(23,24)12-15/h8-10,15H,3-4,6-7,11-12H2,1-2H3. The number of ether oxygens (including phenoxy) is 1. The van der Waals surface area contributed by atoms with Crippen molar-refractivity contribution >= 4 is 27.4 Å². The smallest absolute Gasteiger partial charge is 0.310 e. The Bertz CT molecular complexity index is 821. The van der Waals surface area contributed by atoms with Gasteiger partial charge in [-0.2, -0.15) is 5.26 Å². The topological polar surface area (TPSA) is 105 Å². The largest absolute Gasteiger partial charge is 0.455 e. The van der Waals surface area contributed by atoms with Crippen molar-refractivity contribution in [2.45, 2.75) is 26.7 Å². The van der Waals surface area contributed by atoms with E-state index in [1.165, 1.54) is 4.90 Å². The van der Waals surface area contributed by atoms with Crippen LogP contribution in [-0.4, -0.2) is 45.0 Å². The lowest BCUT2D eigenvalue weighted by Crippen LogP contribution is -2.36. The molecule has 1 aliphatic rings. The molecule has 2 rings (SSSR count). The number of carbonyl (C=O) groups is 2. The van der Waals surface area contributed by atoms with E-state index in [4.69, 9.17) is 10.00 Å². The second-order valence-electron chi connectivity index (χ2n) is 6.51. The molecule has 0 aromatic heterocycles. The quantitative estimate of drug-likeness (QED) is 0.695. The lowest BCUT2D eigenvalue weighted by molar-refractivity contribution is -0.151. The highest BCUT2D eigenvalue weighted by Gasteiger charge is 2.34. The maximum absolute atomic E-state index is 12.5. The van der Waals surface area contributed by atoms with Gasteiger partial charge in [0, 0.05) is 12.2 Å². The van der Waals surface area contributed by atoms with Gasteiger partial charge in [-0.1, -0.05) is 6.07 Å². The first-order chi connectivity index (χ1) is 12.2. The number of nitrogens with zero attached hydrogens (tertiary/aromatic N) is 2. The van der Waals surface area contributed by atoms with Crippen LogP contribution in [0, 0.1) is 31.1 Å². The molecule has 0 spiro atoms. The molecular weight excluding hydrogens is 356 g/mol. The van der Waals surface area contributed by atoms with Crippen molar-refractivity contribution in [3.8, 4) is 6.07 Å². The normalized spacial score (nSPS) is 18.1. The van der Waals surface area contributed by atoms with Gasteiger partial charge >= 0.3 is 5.97 Å². The van der Waals surface area contributed by atoms with E-state index in [1.54, 1.807) is 0 Å². The molecule has 0 N–H and O–H groups in total. The second kappa shape index (κ2) is 8.32. The van der Waals surface area contributed by atoms with Gasteiger partial charge in [0.25, 0.3) is 5.91 Å². The summed E-state index contributed by atoms with van der Waals surface area (Å²) < 4.78 is 27.9. The lowest BCUT2D eigenvalue weighted by Gasteiger charge is -2.23. The van der Waals surface area contributed by atoms with Crippen LogP contribution in [0.1, 0.15) is 24.0 Å². The minimum atomic E-state index is -3.19. The first-order valence-electron chi connectivity index (χ1n) is 8.34. The summed E-state index contributed by atoms with van der Waals surface area (Å²) in [4.78, 5) is 26.0. The Morgan fingerprint density at radius 3 is 2.46 bits per heavy atom. The first kappa shape index (κ1) is 19.9. The third-order valence-electron chi connectivity index (χ3n) is 4.17. The molecule has 1 saturated heterocycles. The molecule has 1 fully saturated rings. The number of hydrogen-bond acceptors (Lipinski definition) is 6. The van der Waals surface area contributed by atoms with E-state index in [1.807, 2.05) is 38.1 Å². The number of hydrogen-bond donors (Lipinski definition) is 0. The number of benzene rings is 1. The van der Waals surface area contributed by atoms with Gasteiger partial charge in [-0.25, -0.2) is 8.42 Å². The number of carbonyl (C=O) groups excluding carboxylic acids is 2. The Hall–Kier alpha value is -2.40. The fourth-order valence-corrected chi connectivity index (χ4v) is 4.70. The van der Waals surface area contributed by atoms with Crippen molar-refractivity contribution in [3.05, 3.63) is 29.3 Å². The van der Waals surface area contributed by atoms with Gasteiger partial charge in [-0.15, -0.1) is 0 Å². The van der Waals surface area contributed by atoms with Gasteiger partial charge in [0.15, 0.2) is 16.4 Å². The molecule has 1 aromatic carbocycles. The zero-order valence-corrected chi connectivity index (χ0v) is 15.7. The van der Waals surface area contributed by atoms with Gasteiger partial charge in [-0.3, -0.25) is 9.59 Å². The second-order valence-corrected chi connectivity index (χ2v) is 8.74. The zero-order chi connectivity index (χ0) is 19.3. The Morgan fingerprint density at radius 1 is 1.27 bits per heavy atom. The molecule has 8 heteroatoms. The van der Waals surface area contributed by atoms with Crippen LogP contribution in [0.25, 0.3) is 0 Å². The first-order valence-corrected chi connectivity index (χ1v) is 10.2. The summed E-state index contributed by atoms with van der Waals surface area (Å²) in [6, 6.07) is 7.63. The molecule has 0 radical (unpaired) electrons. The van der Waals surface area contributed by atoms with Crippen molar-refractivity contribution in [3.63, 3.8) is 0 Å². The number of anilines is 1. The van der Waals surface area contributed by atoms with Crippen molar-refractivity contribution in [2.24, 2.45) is 5.92 Å². The highest BCUT2D eigenvalue weighted by atomic mass is 32.2. The number of esters is 1. The van der Waals surface area contributed by atoms with Crippen LogP contribution < -0.4 is 4.90 Å². The molecule has 7 nitrogen and oxygen atoms in total. The van der Waals surface area contributed by atoms with E-state index >= 15 is 0 Å². The van der Waals surface area contributed by atoms with Crippen LogP contribution in [0.4, 0.5) is 5.69 Å². The molecule has 1 heterocycles. The van der Waals surface area contributed by atoms with E-state index < -0.39 is 34.2 Å². The van der Waals surface area contributed by atoms with E-state index in [0.29, 0.717) is 5.69 Å². The number of rotatable bonds is 6. The molecule has 140 valence electrons. The Labute approximate surface area is 153 Å². The molecule has 1 unspecified atom stereocenters. The summed E-state index contributed by atoms with van der Waals surface area (Å²) in [5, 5.41) is 8.83. The Kier molecular flexibility index (Phi) is 6.37. The molecule has 26 heavy (non-hydrogen) atoms. The van der Waals surface area contributed by atoms with Crippen molar-refractivity contribution in [2.75, 3.05) is 29.6 Å². The minimum absolute atomic E-state index is 0.0302. The fourth-order valence-electron chi connectivity index (χ4n) is 2.98. The number of amides is 1. The molecule has 0 saturated carbocycles. The molecule has 1 amide bonds. The molecule has 1 aliphatic heterocycles. The molecular formula is C18H22N2O5S. The number of sulfone groups is 1. The van der Waals surface area contributed by atoms with Gasteiger partial charge in [0.1, 0.15) is 0 Å². The maximum atomic E-state index is 12.5. The zero-order valence-electron chi connectivity index (χ0n) is 14.9. The fraction of sp³-hybridized carbons (Fsp3) is 0.500. The average Bonchev–Trinajstić information content (AvgIpc) is 2.92. The summed E-state index contributed by atoms with van der Waals surface area (Å²) in [6.45, 7) is 3.52. The predicted octanol–water partition coefficient (Wildman–Crippen LogP) is 1.53. The Balaban J connectivity index is 2.05. The number of nitriles is 1. The SMILES string of the molecule is Cc1cc(C)cc(N(CCC#N)C(=O)COC(=O)C2CCS(=O)(=O)C2)c1. The molecule has 0 aliphatic carbocycles. The van der Waals surface area contributed by atoms with Gasteiger partial charge in [0.05, 0.1) is 29.9 Å². The summed E-state index contributed by atoms with van der Waals surface area (Å²) >= 11 is 0.